The molecule has 1 aliphatic heterocycles. The first-order valence-corrected chi connectivity index (χ1v) is 8.96. The molecule has 2 aliphatic rings. The number of furan rings is 1. The van der Waals surface area contributed by atoms with Crippen LogP contribution in [0.15, 0.2) is 4.42 Å². The molecular weight excluding hydrogens is 302 g/mol. The number of carbonyl (C=O) groups is 2. The third-order valence-electron chi connectivity index (χ3n) is 4.52. The molecule has 0 spiro atoms. The summed E-state index contributed by atoms with van der Waals surface area (Å²) < 4.78 is 17.3. The highest BCUT2D eigenvalue weighted by Crippen LogP contribution is 2.31. The van der Waals surface area contributed by atoms with Crippen LogP contribution in [0, 0.1) is 6.92 Å². The summed E-state index contributed by atoms with van der Waals surface area (Å²) in [6, 6.07) is 0. The van der Waals surface area contributed by atoms with Gasteiger partial charge in [-0.25, -0.2) is 0 Å². The van der Waals surface area contributed by atoms with Gasteiger partial charge in [-0.2, -0.15) is 0 Å². The molecule has 3 rings (SSSR count). The molecule has 6 heteroatoms. The van der Waals surface area contributed by atoms with Crippen molar-refractivity contribution in [3.8, 4) is 0 Å². The summed E-state index contributed by atoms with van der Waals surface area (Å²) in [5.74, 6) is 1.30. The molecule has 0 aromatic carbocycles. The van der Waals surface area contributed by atoms with Crippen LogP contribution in [0.1, 0.15) is 58.9 Å². The molecule has 1 unspecified atom stereocenters. The summed E-state index contributed by atoms with van der Waals surface area (Å²) in [7, 11) is -0.926. The molecular formula is C16H21NO4S. The van der Waals surface area contributed by atoms with Crippen molar-refractivity contribution in [2.45, 2.75) is 44.8 Å². The van der Waals surface area contributed by atoms with E-state index in [0.29, 0.717) is 48.6 Å². The lowest BCUT2D eigenvalue weighted by molar-refractivity contribution is 0.0710. The topological polar surface area (TPSA) is 67.6 Å². The van der Waals surface area contributed by atoms with Crippen LogP contribution in [0.25, 0.3) is 0 Å². The Kier molecular flexibility index (Phi) is 3.75. The fraction of sp³-hybridized carbons (Fsp3) is 0.625. The van der Waals surface area contributed by atoms with Crippen LogP contribution in [0.3, 0.4) is 0 Å². The molecule has 1 atom stereocenters. The second-order valence-corrected chi connectivity index (χ2v) is 8.87. The normalized spacial score (nSPS) is 24.2. The molecule has 22 heavy (non-hydrogen) atoms. The number of amides is 1. The van der Waals surface area contributed by atoms with E-state index in [-0.39, 0.29) is 17.5 Å². The molecule has 0 radical (unpaired) electrons. The third kappa shape index (κ3) is 2.43. The molecule has 1 saturated heterocycles. The molecule has 2 heterocycles. The van der Waals surface area contributed by atoms with Gasteiger partial charge in [0, 0.05) is 48.0 Å². The van der Waals surface area contributed by atoms with Crippen molar-refractivity contribution in [2.75, 3.05) is 18.8 Å². The van der Waals surface area contributed by atoms with Gasteiger partial charge in [0.15, 0.2) is 11.5 Å². The van der Waals surface area contributed by atoms with Gasteiger partial charge in [0.05, 0.1) is 10.3 Å². The van der Waals surface area contributed by atoms with Crippen molar-refractivity contribution in [2.24, 2.45) is 0 Å². The highest BCUT2D eigenvalue weighted by Gasteiger charge is 2.38. The zero-order valence-corrected chi connectivity index (χ0v) is 14.0. The third-order valence-corrected chi connectivity index (χ3v) is 6.44. The Balaban J connectivity index is 1.90. The summed E-state index contributed by atoms with van der Waals surface area (Å²) >= 11 is 0. The smallest absolute Gasteiger partial charge is 0.289 e. The van der Waals surface area contributed by atoms with Crippen LogP contribution < -0.4 is 0 Å². The maximum Gasteiger partial charge on any atom is 0.289 e. The van der Waals surface area contributed by atoms with E-state index < -0.39 is 15.5 Å². The zero-order chi connectivity index (χ0) is 16.1. The van der Waals surface area contributed by atoms with Crippen LogP contribution in [0.4, 0.5) is 0 Å². The van der Waals surface area contributed by atoms with Gasteiger partial charge in [0.2, 0.25) is 0 Å². The Morgan fingerprint density at radius 2 is 2.05 bits per heavy atom. The maximum atomic E-state index is 12.8. The van der Waals surface area contributed by atoms with E-state index in [0.717, 1.165) is 6.42 Å². The second kappa shape index (κ2) is 5.33. The average Bonchev–Trinajstić information content (AvgIpc) is 2.79. The molecule has 120 valence electrons. The highest BCUT2D eigenvalue weighted by atomic mass is 32.2. The number of hydrogen-bond donors (Lipinski definition) is 0. The standard InChI is InChI=1S/C16H21NO4S/c1-10-13-11(18)5-4-6-12(13)21-14(10)15(19)17-7-8-22(20)16(2,3)9-17/h4-9H2,1-3H3. The number of fused-ring (bicyclic) bond motifs is 1. The first kappa shape index (κ1) is 15.5. The minimum absolute atomic E-state index is 0.0710. The van der Waals surface area contributed by atoms with Crippen molar-refractivity contribution >= 4 is 22.5 Å². The van der Waals surface area contributed by atoms with Crippen LogP contribution in [-0.4, -0.2) is 44.4 Å². The largest absolute Gasteiger partial charge is 0.455 e. The summed E-state index contributed by atoms with van der Waals surface area (Å²) in [6.45, 7) is 6.51. The van der Waals surface area contributed by atoms with Crippen molar-refractivity contribution < 1.29 is 18.2 Å². The van der Waals surface area contributed by atoms with E-state index in [1.54, 1.807) is 11.8 Å². The number of rotatable bonds is 1. The minimum Gasteiger partial charge on any atom is -0.455 e. The molecule has 1 fully saturated rings. The van der Waals surface area contributed by atoms with Gasteiger partial charge < -0.3 is 9.32 Å². The Morgan fingerprint density at radius 1 is 1.32 bits per heavy atom. The molecule has 1 amide bonds. The lowest BCUT2D eigenvalue weighted by atomic mass is 9.94. The minimum atomic E-state index is -0.926. The number of nitrogens with zero attached hydrogens (tertiary/aromatic N) is 1. The Bertz CT molecular complexity index is 674. The van der Waals surface area contributed by atoms with Crippen molar-refractivity contribution in [1.29, 1.82) is 0 Å². The predicted octanol–water partition coefficient (Wildman–Crippen LogP) is 2.09. The first-order chi connectivity index (χ1) is 10.3. The van der Waals surface area contributed by atoms with E-state index in [9.17, 15) is 13.8 Å². The van der Waals surface area contributed by atoms with Crippen LogP contribution in [0.5, 0.6) is 0 Å². The Hall–Kier alpha value is -1.43. The van der Waals surface area contributed by atoms with Crippen LogP contribution >= 0.6 is 0 Å². The second-order valence-electron chi connectivity index (χ2n) is 6.67. The summed E-state index contributed by atoms with van der Waals surface area (Å²) in [6.07, 6.45) is 2.02. The van der Waals surface area contributed by atoms with Gasteiger partial charge in [-0.15, -0.1) is 0 Å². The molecule has 1 aromatic heterocycles. The average molecular weight is 323 g/mol. The zero-order valence-electron chi connectivity index (χ0n) is 13.2. The van der Waals surface area contributed by atoms with Gasteiger partial charge in [-0.05, 0) is 27.2 Å². The Labute approximate surface area is 132 Å². The summed E-state index contributed by atoms with van der Waals surface area (Å²) in [4.78, 5) is 26.5. The fourth-order valence-corrected chi connectivity index (χ4v) is 4.49. The number of hydrogen-bond acceptors (Lipinski definition) is 4. The quantitative estimate of drug-likeness (QED) is 0.793. The molecule has 1 aromatic rings. The van der Waals surface area contributed by atoms with E-state index in [1.807, 2.05) is 13.8 Å². The van der Waals surface area contributed by atoms with E-state index in [4.69, 9.17) is 4.42 Å². The number of carbonyl (C=O) groups excluding carboxylic acids is 2. The molecule has 0 bridgehead atoms. The first-order valence-electron chi connectivity index (χ1n) is 7.64. The number of aryl methyl sites for hydroxylation is 1. The van der Waals surface area contributed by atoms with Gasteiger partial charge in [0.1, 0.15) is 5.76 Å². The lowest BCUT2D eigenvalue weighted by Crippen LogP contribution is -2.52. The van der Waals surface area contributed by atoms with Gasteiger partial charge in [-0.1, -0.05) is 0 Å². The van der Waals surface area contributed by atoms with Gasteiger partial charge in [-0.3, -0.25) is 13.8 Å². The summed E-state index contributed by atoms with van der Waals surface area (Å²) in [5, 5.41) is 0. The van der Waals surface area contributed by atoms with Crippen molar-refractivity contribution in [3.05, 3.63) is 22.6 Å². The lowest BCUT2D eigenvalue weighted by Gasteiger charge is -2.36. The molecule has 0 N–H and O–H groups in total. The monoisotopic (exact) mass is 323 g/mol. The van der Waals surface area contributed by atoms with E-state index >= 15 is 0 Å². The SMILES string of the molecule is Cc1c(C(=O)N2CCS(=O)C(C)(C)C2)oc2c1C(=O)CCC2. The fourth-order valence-electron chi connectivity index (χ4n) is 3.25. The van der Waals surface area contributed by atoms with Crippen molar-refractivity contribution in [3.63, 3.8) is 0 Å². The number of ketones is 1. The Morgan fingerprint density at radius 3 is 2.68 bits per heavy atom. The maximum absolute atomic E-state index is 12.8. The van der Waals surface area contributed by atoms with Gasteiger partial charge >= 0.3 is 0 Å². The van der Waals surface area contributed by atoms with E-state index in [2.05, 4.69) is 0 Å². The predicted molar refractivity (Wildman–Crippen MR) is 83.7 cm³/mol. The van der Waals surface area contributed by atoms with Gasteiger partial charge in [0.25, 0.3) is 5.91 Å². The van der Waals surface area contributed by atoms with Crippen LogP contribution in [-0.2, 0) is 17.2 Å². The molecule has 1 aliphatic carbocycles. The molecule has 5 nitrogen and oxygen atoms in total. The molecule has 0 saturated carbocycles. The number of Topliss-reactive ketones (excluding diaryl/α,β-unsaturated/α-hetero) is 1. The van der Waals surface area contributed by atoms with E-state index in [1.165, 1.54) is 0 Å². The van der Waals surface area contributed by atoms with Crippen molar-refractivity contribution in [1.82, 2.24) is 4.90 Å². The highest BCUT2D eigenvalue weighted by molar-refractivity contribution is 7.86. The summed E-state index contributed by atoms with van der Waals surface area (Å²) in [5.41, 5.74) is 1.27. The van der Waals surface area contributed by atoms with Crippen LogP contribution in [0.2, 0.25) is 0 Å².